The van der Waals surface area contributed by atoms with E-state index in [1.165, 1.54) is 60.8 Å². The van der Waals surface area contributed by atoms with Crippen LogP contribution in [0.25, 0.3) is 72.0 Å². The summed E-state index contributed by atoms with van der Waals surface area (Å²) >= 11 is 0. The maximum atomic E-state index is 2.45. The Kier molecular flexibility index (Phi) is 8.55. The van der Waals surface area contributed by atoms with Gasteiger partial charge in [-0.05, 0) is 81.9 Å². The van der Waals surface area contributed by atoms with Gasteiger partial charge in [0.1, 0.15) is 0 Å². The number of anilines is 3. The zero-order valence-corrected chi connectivity index (χ0v) is 30.8. The molecule has 10 rings (SSSR count). The van der Waals surface area contributed by atoms with Gasteiger partial charge in [0.2, 0.25) is 0 Å². The Morgan fingerprint density at radius 3 is 1.57 bits per heavy atom. The van der Waals surface area contributed by atoms with E-state index in [1.54, 1.807) is 0 Å². The van der Waals surface area contributed by atoms with E-state index >= 15 is 0 Å². The molecule has 2 heteroatoms. The summed E-state index contributed by atoms with van der Waals surface area (Å²) in [5.74, 6) is 0. The third-order valence-corrected chi connectivity index (χ3v) is 10.8. The molecule has 0 radical (unpaired) electrons. The Bertz CT molecular complexity index is 2940. The normalized spacial score (nSPS) is 11.2. The van der Waals surface area contributed by atoms with Gasteiger partial charge in [0.25, 0.3) is 0 Å². The van der Waals surface area contributed by atoms with E-state index in [0.29, 0.717) is 0 Å². The summed E-state index contributed by atoms with van der Waals surface area (Å²) in [6.45, 7) is 0. The van der Waals surface area contributed by atoms with Crippen LogP contribution in [0.15, 0.2) is 231 Å². The molecular weight excluding hydrogens is 677 g/mol. The van der Waals surface area contributed by atoms with E-state index in [9.17, 15) is 0 Å². The van der Waals surface area contributed by atoms with Gasteiger partial charge in [0.05, 0.1) is 22.4 Å². The van der Waals surface area contributed by atoms with E-state index in [0.717, 1.165) is 28.3 Å². The standard InChI is InChI=1S/C54H38N2/c1-4-18-39(19-5-1)41-34-36-44(37-35-41)55(45-25-16-24-43(38-45)40-20-6-2-7-21-40)51-31-14-11-27-47(51)48-29-17-33-53-54(48)49-28-12-15-32-52(49)56(53)50-30-13-10-26-46(50)42-22-8-3-9-23-42/h1-38H. The lowest BCUT2D eigenvalue weighted by molar-refractivity contribution is 1.18. The van der Waals surface area contributed by atoms with Crippen molar-refractivity contribution in [3.8, 4) is 50.2 Å². The van der Waals surface area contributed by atoms with Crippen molar-refractivity contribution in [3.05, 3.63) is 231 Å². The molecule has 0 aliphatic rings. The Hall–Kier alpha value is -7.42. The van der Waals surface area contributed by atoms with Gasteiger partial charge in [-0.1, -0.05) is 182 Å². The number of aromatic nitrogens is 1. The molecule has 0 aliphatic heterocycles. The van der Waals surface area contributed by atoms with E-state index in [-0.39, 0.29) is 0 Å². The molecule has 0 fully saturated rings. The first-order valence-corrected chi connectivity index (χ1v) is 19.2. The Morgan fingerprint density at radius 2 is 0.821 bits per heavy atom. The fraction of sp³-hybridized carbons (Fsp3) is 0. The maximum absolute atomic E-state index is 2.45. The summed E-state index contributed by atoms with van der Waals surface area (Å²) in [4.78, 5) is 2.42. The maximum Gasteiger partial charge on any atom is 0.0547 e. The van der Waals surface area contributed by atoms with Crippen molar-refractivity contribution in [3.63, 3.8) is 0 Å². The van der Waals surface area contributed by atoms with Crippen LogP contribution in [-0.4, -0.2) is 4.57 Å². The second-order valence-corrected chi connectivity index (χ2v) is 14.1. The zero-order valence-electron chi connectivity index (χ0n) is 30.8. The van der Waals surface area contributed by atoms with Crippen LogP contribution in [0.3, 0.4) is 0 Å². The van der Waals surface area contributed by atoms with Gasteiger partial charge in [-0.25, -0.2) is 0 Å². The van der Waals surface area contributed by atoms with Gasteiger partial charge >= 0.3 is 0 Å². The predicted molar refractivity (Wildman–Crippen MR) is 237 cm³/mol. The summed E-state index contributed by atoms with van der Waals surface area (Å²) < 4.78 is 2.45. The zero-order chi connectivity index (χ0) is 37.3. The predicted octanol–water partition coefficient (Wildman–Crippen LogP) is 14.9. The summed E-state index contributed by atoms with van der Waals surface area (Å²) in [5, 5.41) is 2.46. The first kappa shape index (κ1) is 33.2. The van der Waals surface area contributed by atoms with Gasteiger partial charge in [-0.2, -0.15) is 0 Å². The van der Waals surface area contributed by atoms with Crippen LogP contribution in [-0.2, 0) is 0 Å². The van der Waals surface area contributed by atoms with E-state index in [1.807, 2.05) is 0 Å². The number of nitrogens with zero attached hydrogens (tertiary/aromatic N) is 2. The minimum atomic E-state index is 1.09. The number of hydrogen-bond acceptors (Lipinski definition) is 1. The van der Waals surface area contributed by atoms with Gasteiger partial charge in [0, 0.05) is 33.3 Å². The number of para-hydroxylation sites is 3. The molecule has 0 unspecified atom stereocenters. The molecule has 10 aromatic rings. The lowest BCUT2D eigenvalue weighted by Gasteiger charge is -2.28. The van der Waals surface area contributed by atoms with Crippen molar-refractivity contribution in [2.45, 2.75) is 0 Å². The van der Waals surface area contributed by atoms with Crippen LogP contribution in [0.5, 0.6) is 0 Å². The largest absolute Gasteiger partial charge is 0.310 e. The van der Waals surface area contributed by atoms with Crippen LogP contribution in [0, 0.1) is 0 Å². The van der Waals surface area contributed by atoms with Gasteiger partial charge in [-0.3, -0.25) is 0 Å². The molecule has 1 heterocycles. The van der Waals surface area contributed by atoms with Crippen LogP contribution in [0.4, 0.5) is 17.1 Å². The molecule has 0 spiro atoms. The molecule has 264 valence electrons. The monoisotopic (exact) mass is 714 g/mol. The fourth-order valence-corrected chi connectivity index (χ4v) is 8.25. The first-order valence-electron chi connectivity index (χ1n) is 19.2. The molecular formula is C54H38N2. The molecule has 0 saturated heterocycles. The SMILES string of the molecule is c1ccc(-c2ccc(N(c3cccc(-c4ccccc4)c3)c3ccccc3-c3cccc4c3c3ccccc3n4-c3ccccc3-c3ccccc3)cc2)cc1. The van der Waals surface area contributed by atoms with Crippen molar-refractivity contribution in [2.24, 2.45) is 0 Å². The minimum absolute atomic E-state index is 1.09. The second-order valence-electron chi connectivity index (χ2n) is 14.1. The average Bonchev–Trinajstić information content (AvgIpc) is 3.62. The second kappa shape index (κ2) is 14.4. The highest BCUT2D eigenvalue weighted by atomic mass is 15.1. The Labute approximate surface area is 327 Å². The number of hydrogen-bond donors (Lipinski definition) is 0. The molecule has 1 aromatic heterocycles. The minimum Gasteiger partial charge on any atom is -0.310 e. The number of fused-ring (bicyclic) bond motifs is 3. The van der Waals surface area contributed by atoms with E-state index in [2.05, 4.69) is 240 Å². The molecule has 0 aliphatic carbocycles. The fourth-order valence-electron chi connectivity index (χ4n) is 8.25. The summed E-state index contributed by atoms with van der Waals surface area (Å²) in [7, 11) is 0. The number of benzene rings is 9. The molecule has 0 saturated carbocycles. The van der Waals surface area contributed by atoms with Crippen molar-refractivity contribution >= 4 is 38.9 Å². The lowest BCUT2D eigenvalue weighted by Crippen LogP contribution is -2.11. The van der Waals surface area contributed by atoms with Gasteiger partial charge in [0.15, 0.2) is 0 Å². The summed E-state index contributed by atoms with van der Waals surface area (Å²) in [6.07, 6.45) is 0. The van der Waals surface area contributed by atoms with Crippen molar-refractivity contribution in [2.75, 3.05) is 4.90 Å². The van der Waals surface area contributed by atoms with Crippen LogP contribution < -0.4 is 4.90 Å². The van der Waals surface area contributed by atoms with Crippen molar-refractivity contribution in [1.29, 1.82) is 0 Å². The van der Waals surface area contributed by atoms with E-state index < -0.39 is 0 Å². The molecule has 0 N–H and O–H groups in total. The van der Waals surface area contributed by atoms with Crippen molar-refractivity contribution < 1.29 is 0 Å². The van der Waals surface area contributed by atoms with Crippen LogP contribution in [0.1, 0.15) is 0 Å². The molecule has 0 amide bonds. The lowest BCUT2D eigenvalue weighted by atomic mass is 9.96. The third kappa shape index (κ3) is 5.95. The van der Waals surface area contributed by atoms with Crippen LogP contribution >= 0.6 is 0 Å². The Morgan fingerprint density at radius 1 is 0.304 bits per heavy atom. The average molecular weight is 715 g/mol. The summed E-state index contributed by atoms with van der Waals surface area (Å²) in [5.41, 5.74) is 16.3. The molecule has 0 bridgehead atoms. The van der Waals surface area contributed by atoms with Gasteiger partial charge in [-0.15, -0.1) is 0 Å². The number of rotatable bonds is 8. The molecule has 56 heavy (non-hydrogen) atoms. The van der Waals surface area contributed by atoms with Crippen molar-refractivity contribution in [1.82, 2.24) is 4.57 Å². The first-order chi connectivity index (χ1) is 27.8. The van der Waals surface area contributed by atoms with Crippen LogP contribution in [0.2, 0.25) is 0 Å². The third-order valence-electron chi connectivity index (χ3n) is 10.8. The Balaban J connectivity index is 1.20. The highest BCUT2D eigenvalue weighted by Crippen LogP contribution is 2.46. The molecule has 9 aromatic carbocycles. The smallest absolute Gasteiger partial charge is 0.0547 e. The highest BCUT2D eigenvalue weighted by Gasteiger charge is 2.22. The van der Waals surface area contributed by atoms with Gasteiger partial charge < -0.3 is 9.47 Å². The topological polar surface area (TPSA) is 8.17 Å². The van der Waals surface area contributed by atoms with E-state index in [4.69, 9.17) is 0 Å². The molecule has 0 atom stereocenters. The quantitative estimate of drug-likeness (QED) is 0.152. The molecule has 2 nitrogen and oxygen atoms in total. The summed E-state index contributed by atoms with van der Waals surface area (Å²) in [6, 6.07) is 83.0. The highest BCUT2D eigenvalue weighted by molar-refractivity contribution is 6.17.